The van der Waals surface area contributed by atoms with Crippen molar-refractivity contribution in [1.29, 1.82) is 0 Å². The van der Waals surface area contributed by atoms with Crippen LogP contribution < -0.4 is 5.32 Å². The molecule has 1 aromatic carbocycles. The highest BCUT2D eigenvalue weighted by atomic mass is 15.1. The van der Waals surface area contributed by atoms with Gasteiger partial charge >= 0.3 is 0 Å². The number of rotatable bonds is 9. The molecule has 0 atom stereocenters. The molecule has 7 nitrogen and oxygen atoms in total. The zero-order valence-electron chi connectivity index (χ0n) is 22.7. The van der Waals surface area contributed by atoms with Crippen molar-refractivity contribution in [3.8, 4) is 22.6 Å². The van der Waals surface area contributed by atoms with Crippen LogP contribution in [-0.2, 0) is 6.42 Å². The van der Waals surface area contributed by atoms with Crippen molar-refractivity contribution in [1.82, 2.24) is 35.5 Å². The van der Waals surface area contributed by atoms with E-state index in [2.05, 4.69) is 67.9 Å². The quantitative estimate of drug-likeness (QED) is 0.168. The van der Waals surface area contributed by atoms with Gasteiger partial charge in [-0.15, -0.1) is 0 Å². The van der Waals surface area contributed by atoms with Crippen LogP contribution in [0.1, 0.15) is 18.2 Å². The van der Waals surface area contributed by atoms with Crippen molar-refractivity contribution in [2.24, 2.45) is 0 Å². The van der Waals surface area contributed by atoms with E-state index in [0.29, 0.717) is 0 Å². The first-order chi connectivity index (χ1) is 20.1. The number of hydrogen-bond donors (Lipinski definition) is 3. The van der Waals surface area contributed by atoms with E-state index in [1.807, 2.05) is 67.9 Å². The topological polar surface area (TPSA) is 95.2 Å². The van der Waals surface area contributed by atoms with Gasteiger partial charge in [-0.05, 0) is 60.5 Å². The summed E-state index contributed by atoms with van der Waals surface area (Å²) < 4.78 is 0. The van der Waals surface area contributed by atoms with Crippen LogP contribution in [0.25, 0.3) is 50.0 Å². The number of fused-ring (bicyclic) bond motifs is 2. The molecule has 0 saturated heterocycles. The van der Waals surface area contributed by atoms with Gasteiger partial charge in [0.15, 0.2) is 0 Å². The van der Waals surface area contributed by atoms with E-state index in [-0.39, 0.29) is 0 Å². The molecular weight excluding hydrogens is 506 g/mol. The van der Waals surface area contributed by atoms with Gasteiger partial charge in [0.2, 0.25) is 0 Å². The van der Waals surface area contributed by atoms with Crippen LogP contribution in [0.2, 0.25) is 0 Å². The van der Waals surface area contributed by atoms with Crippen LogP contribution in [0.5, 0.6) is 0 Å². The smallest absolute Gasteiger partial charge is 0.116 e. The van der Waals surface area contributed by atoms with Crippen molar-refractivity contribution < 1.29 is 0 Å². The van der Waals surface area contributed by atoms with Crippen LogP contribution in [0.4, 0.5) is 0 Å². The Kier molecular flexibility index (Phi) is 7.07. The average molecular weight is 536 g/mol. The lowest BCUT2D eigenvalue weighted by atomic mass is 10.1. The highest BCUT2D eigenvalue weighted by Gasteiger charge is 2.15. The molecule has 7 heteroatoms. The highest BCUT2D eigenvalue weighted by Crippen LogP contribution is 2.33. The highest BCUT2D eigenvalue weighted by molar-refractivity contribution is 6.00. The van der Waals surface area contributed by atoms with E-state index in [1.54, 1.807) is 18.5 Å². The Morgan fingerprint density at radius 1 is 0.927 bits per heavy atom. The third-order valence-electron chi connectivity index (χ3n) is 6.90. The average Bonchev–Trinajstić information content (AvgIpc) is 3.64. The summed E-state index contributed by atoms with van der Waals surface area (Å²) in [6.45, 7) is 10.2. The number of H-pyrrole nitrogens is 2. The minimum absolute atomic E-state index is 0.725. The normalized spacial score (nSPS) is 12.1. The molecule has 0 fully saturated rings. The minimum Gasteiger partial charge on any atom is -0.359 e. The number of aromatic amines is 2. The Hall–Kier alpha value is -5.56. The second-order valence-electron chi connectivity index (χ2n) is 9.67. The van der Waals surface area contributed by atoms with Crippen LogP contribution in [0, 0.1) is 0 Å². The molecule has 5 aromatic heterocycles. The molecule has 0 unspecified atom stereocenters. The molecule has 0 radical (unpaired) electrons. The zero-order valence-corrected chi connectivity index (χ0v) is 22.7. The van der Waals surface area contributed by atoms with Gasteiger partial charge in [0.05, 0.1) is 28.8 Å². The van der Waals surface area contributed by atoms with Crippen LogP contribution in [-0.4, -0.2) is 30.1 Å². The van der Waals surface area contributed by atoms with E-state index in [0.717, 1.165) is 73.5 Å². The lowest BCUT2D eigenvalue weighted by Crippen LogP contribution is -2.12. The second kappa shape index (κ2) is 11.3. The van der Waals surface area contributed by atoms with Crippen molar-refractivity contribution in [2.75, 3.05) is 0 Å². The molecule has 0 aliphatic heterocycles. The molecule has 0 bridgehead atoms. The van der Waals surface area contributed by atoms with Gasteiger partial charge in [-0.2, -0.15) is 5.10 Å². The molecule has 6 rings (SSSR count). The second-order valence-corrected chi connectivity index (χ2v) is 9.67. The fourth-order valence-electron chi connectivity index (χ4n) is 4.90. The number of aromatic nitrogens is 6. The maximum absolute atomic E-state index is 4.72. The molecular formula is C34H29N7. The lowest BCUT2D eigenvalue weighted by molar-refractivity contribution is 0.941. The van der Waals surface area contributed by atoms with E-state index in [1.165, 1.54) is 5.56 Å². The summed E-state index contributed by atoms with van der Waals surface area (Å²) >= 11 is 0. The van der Waals surface area contributed by atoms with Crippen molar-refractivity contribution in [3.63, 3.8) is 0 Å². The number of benzene rings is 1. The molecule has 0 saturated carbocycles. The van der Waals surface area contributed by atoms with Crippen molar-refractivity contribution in [2.45, 2.75) is 13.3 Å². The molecule has 0 spiro atoms. The fourth-order valence-corrected chi connectivity index (χ4v) is 4.90. The van der Waals surface area contributed by atoms with Gasteiger partial charge in [-0.3, -0.25) is 20.1 Å². The number of pyridine rings is 3. The van der Waals surface area contributed by atoms with Crippen molar-refractivity contribution >= 4 is 27.4 Å². The molecule has 200 valence electrons. The zero-order chi connectivity index (χ0) is 28.2. The predicted octanol–water partition coefficient (Wildman–Crippen LogP) is 7.38. The van der Waals surface area contributed by atoms with Gasteiger partial charge in [-0.1, -0.05) is 49.6 Å². The minimum atomic E-state index is 0.725. The van der Waals surface area contributed by atoms with Gasteiger partial charge in [0.1, 0.15) is 5.69 Å². The largest absolute Gasteiger partial charge is 0.359 e. The SMILES string of the molecule is C=C/C(=C\C(=C/C)c1cc2c(-c3cc4c(-c5cccnc5)nccc4[nH]3)n[nH]c2cn1)NC(=C)Cc1ccccc1. The predicted molar refractivity (Wildman–Crippen MR) is 167 cm³/mol. The first kappa shape index (κ1) is 25.7. The summed E-state index contributed by atoms with van der Waals surface area (Å²) in [6, 6.07) is 20.3. The summed E-state index contributed by atoms with van der Waals surface area (Å²) in [4.78, 5) is 17.1. The van der Waals surface area contributed by atoms with E-state index in [4.69, 9.17) is 4.98 Å². The monoisotopic (exact) mass is 535 g/mol. The van der Waals surface area contributed by atoms with Crippen molar-refractivity contribution in [3.05, 3.63) is 139 Å². The maximum Gasteiger partial charge on any atom is 0.116 e. The van der Waals surface area contributed by atoms with E-state index in [9.17, 15) is 0 Å². The molecule has 0 aliphatic carbocycles. The summed E-state index contributed by atoms with van der Waals surface area (Å²) in [6.07, 6.45) is 13.8. The summed E-state index contributed by atoms with van der Waals surface area (Å²) in [5.41, 5.74) is 10.1. The summed E-state index contributed by atoms with van der Waals surface area (Å²) in [5.74, 6) is 0. The first-order valence-electron chi connectivity index (χ1n) is 13.3. The molecule has 5 heterocycles. The Morgan fingerprint density at radius 3 is 2.56 bits per heavy atom. The third kappa shape index (κ3) is 5.33. The first-order valence-corrected chi connectivity index (χ1v) is 13.3. The Bertz CT molecular complexity index is 1930. The molecule has 0 amide bonds. The lowest BCUT2D eigenvalue weighted by Gasteiger charge is -2.12. The Labute approximate surface area is 238 Å². The molecule has 0 aliphatic rings. The van der Waals surface area contributed by atoms with E-state index < -0.39 is 0 Å². The summed E-state index contributed by atoms with van der Waals surface area (Å²) in [7, 11) is 0. The van der Waals surface area contributed by atoms with Gasteiger partial charge < -0.3 is 10.3 Å². The maximum atomic E-state index is 4.72. The van der Waals surface area contributed by atoms with Gasteiger partial charge in [-0.25, -0.2) is 0 Å². The van der Waals surface area contributed by atoms with Crippen LogP contribution in [0.3, 0.4) is 0 Å². The molecule has 6 aromatic rings. The summed E-state index contributed by atoms with van der Waals surface area (Å²) in [5, 5.41) is 13.1. The number of allylic oxidation sites excluding steroid dienone is 5. The van der Waals surface area contributed by atoms with Gasteiger partial charge in [0, 0.05) is 58.3 Å². The number of nitrogens with one attached hydrogen (secondary N) is 3. The van der Waals surface area contributed by atoms with Crippen LogP contribution in [0.15, 0.2) is 128 Å². The number of hydrogen-bond acceptors (Lipinski definition) is 5. The van der Waals surface area contributed by atoms with Gasteiger partial charge in [0.25, 0.3) is 0 Å². The van der Waals surface area contributed by atoms with E-state index >= 15 is 0 Å². The van der Waals surface area contributed by atoms with Crippen LogP contribution >= 0.6 is 0 Å². The Balaban J connectivity index is 1.32. The Morgan fingerprint density at radius 2 is 1.78 bits per heavy atom. The third-order valence-corrected chi connectivity index (χ3v) is 6.90. The number of nitrogens with zero attached hydrogens (tertiary/aromatic N) is 4. The standard InChI is InChI=1S/C34H29N7/c1-4-24(17-26(5-2)38-22(3)16-23-10-7-6-8-11-23)30-18-28-32(21-37-30)40-41-34(28)31-19-27-29(39-31)13-15-36-33(27)25-12-9-14-35-20-25/h4-15,17-21,38-39H,2-3,16H2,1H3,(H,40,41)/b24-4+,26-17+. The molecule has 3 N–H and O–H groups in total. The fraction of sp³-hybridized carbons (Fsp3) is 0.0588. The molecule has 41 heavy (non-hydrogen) atoms.